The topological polar surface area (TPSA) is 381 Å². The van der Waals surface area contributed by atoms with E-state index in [1.165, 1.54) is 47.1 Å². The molecule has 5 aromatic rings. The van der Waals surface area contributed by atoms with Gasteiger partial charge in [-0.3, -0.25) is 52.7 Å². The second kappa shape index (κ2) is 36.7. The molecule has 26 nitrogen and oxygen atoms in total. The number of fused-ring (bicyclic) bond motifs is 1. The molecule has 4 aromatic carbocycles. The second-order valence-electron chi connectivity index (χ2n) is 23.6. The molecule has 1 aromatic heterocycles. The number of carboxylic acids is 1. The quantitative estimate of drug-likeness (QED) is 0.0198. The number of aromatic nitrogens is 1. The number of phenols is 1. The zero-order valence-electron chi connectivity index (χ0n) is 54.4. The number of phenolic OH excluding ortho intramolecular Hbond substituents is 1. The van der Waals surface area contributed by atoms with E-state index in [1.54, 1.807) is 69.6 Å². The molecule has 30 heteroatoms. The van der Waals surface area contributed by atoms with Crippen LogP contribution in [0.1, 0.15) is 69.2 Å². The zero-order chi connectivity index (χ0) is 71.1. The van der Waals surface area contributed by atoms with Gasteiger partial charge in [0.25, 0.3) is 0 Å². The molecule has 1 heterocycles. The first-order chi connectivity index (χ1) is 45.4. The Morgan fingerprint density at radius 2 is 1.19 bits per heavy atom. The summed E-state index contributed by atoms with van der Waals surface area (Å²) in [6.45, 7) is 5.51. The van der Waals surface area contributed by atoms with Crippen molar-refractivity contribution in [2.24, 2.45) is 11.7 Å². The molecule has 5 rings (SSSR count). The number of halogens is 3. The Bertz CT molecular complexity index is 3560. The van der Waals surface area contributed by atoms with Gasteiger partial charge < -0.3 is 77.6 Å². The summed E-state index contributed by atoms with van der Waals surface area (Å²) >= 11 is 0.727. The van der Waals surface area contributed by atoms with Crippen LogP contribution in [0.5, 0.6) is 5.75 Å². The third-order valence-electron chi connectivity index (χ3n) is 15.9. The van der Waals surface area contributed by atoms with Crippen molar-refractivity contribution in [3.05, 3.63) is 137 Å². The van der Waals surface area contributed by atoms with Crippen molar-refractivity contribution in [1.29, 1.82) is 0 Å². The van der Waals surface area contributed by atoms with Crippen LogP contribution >= 0.6 is 11.8 Å². The lowest BCUT2D eigenvalue weighted by Crippen LogP contribution is -2.59. The SMILES string of the molecule is CN[C@@H](Cc1c[nH]c2ccccc12)C(=O)N[C@@H](Cc1ccc(O)cc1)C(=O)N[C@@H](CC(C)C)C(=O)N[C@@H](CSCC(=O)N[C@@H](Cc1cc(F)c(F)c(F)c1)C(=O)N(C)C(Cc1ccccc1)C(=O)N(C)[C@@H](C)C(=O)N(C)[C@H](C)C(=O)N[C@H](C=O)CCC(=O)O)C(=O)NCC(N)=O. The Morgan fingerprint density at radius 3 is 1.80 bits per heavy atom. The summed E-state index contributed by atoms with van der Waals surface area (Å²) in [4.78, 5) is 168. The number of primary amides is 1. The maximum atomic E-state index is 14.9. The highest BCUT2D eigenvalue weighted by atomic mass is 32.2. The molecular formula is C66H83F3N12O14S. The molecule has 0 saturated carbocycles. The number of H-pyrrole nitrogens is 1. The highest BCUT2D eigenvalue weighted by Crippen LogP contribution is 2.22. The van der Waals surface area contributed by atoms with Gasteiger partial charge in [0.1, 0.15) is 54.3 Å². The van der Waals surface area contributed by atoms with Gasteiger partial charge >= 0.3 is 5.97 Å². The Balaban J connectivity index is 1.38. The van der Waals surface area contributed by atoms with Gasteiger partial charge in [-0.2, -0.15) is 0 Å². The van der Waals surface area contributed by atoms with Crippen molar-refractivity contribution in [3.8, 4) is 5.75 Å². The number of hydrogen-bond donors (Lipinski definition) is 11. The minimum absolute atomic E-state index is 0.0134. The predicted molar refractivity (Wildman–Crippen MR) is 349 cm³/mol. The molecule has 0 radical (unpaired) electrons. The summed E-state index contributed by atoms with van der Waals surface area (Å²) < 4.78 is 43.9. The average molecular weight is 1360 g/mol. The van der Waals surface area contributed by atoms with Crippen LogP contribution in [0.15, 0.2) is 97.2 Å². The van der Waals surface area contributed by atoms with Crippen LogP contribution in [0, 0.1) is 23.4 Å². The van der Waals surface area contributed by atoms with Crippen LogP contribution in [-0.2, 0) is 83.2 Å². The number of aldehydes is 1. The summed E-state index contributed by atoms with van der Waals surface area (Å²) in [6, 6.07) is 10.8. The van der Waals surface area contributed by atoms with Gasteiger partial charge in [0.05, 0.1) is 24.4 Å². The van der Waals surface area contributed by atoms with E-state index in [1.807, 2.05) is 24.3 Å². The fourth-order valence-corrected chi connectivity index (χ4v) is 11.1. The minimum atomic E-state index is -1.82. The number of para-hydroxylation sites is 1. The lowest BCUT2D eigenvalue weighted by Gasteiger charge is -2.36. The predicted octanol–water partition coefficient (Wildman–Crippen LogP) is 1.54. The Hall–Kier alpha value is -9.84. The van der Waals surface area contributed by atoms with Crippen LogP contribution in [0.2, 0.25) is 0 Å². The van der Waals surface area contributed by atoms with Gasteiger partial charge in [-0.05, 0) is 98.7 Å². The number of thioether (sulfide) groups is 1. The van der Waals surface area contributed by atoms with Crippen molar-refractivity contribution < 1.29 is 80.9 Å². The van der Waals surface area contributed by atoms with E-state index in [0.29, 0.717) is 29.5 Å². The minimum Gasteiger partial charge on any atom is -0.508 e. The number of nitrogens with one attached hydrogen (secondary N) is 8. The number of nitrogens with two attached hydrogens (primary N) is 1. The Morgan fingerprint density at radius 1 is 0.615 bits per heavy atom. The fraction of sp³-hybridized carbons (Fsp3) is 0.424. The summed E-state index contributed by atoms with van der Waals surface area (Å²) in [5.41, 5.74) is 7.73. The molecule has 12 N–H and O–H groups in total. The molecule has 96 heavy (non-hydrogen) atoms. The van der Waals surface area contributed by atoms with Gasteiger partial charge in [0.15, 0.2) is 17.5 Å². The number of aromatic hydroxyl groups is 1. The molecule has 518 valence electrons. The van der Waals surface area contributed by atoms with Crippen LogP contribution < -0.4 is 43.0 Å². The number of benzene rings is 4. The first-order valence-corrected chi connectivity index (χ1v) is 31.9. The first-order valence-electron chi connectivity index (χ1n) is 30.7. The average Bonchev–Trinajstić information content (AvgIpc) is 0.986. The fourth-order valence-electron chi connectivity index (χ4n) is 10.2. The van der Waals surface area contributed by atoms with E-state index < -0.39 is 168 Å². The first kappa shape index (κ1) is 76.9. The Labute approximate surface area is 557 Å². The lowest BCUT2D eigenvalue weighted by molar-refractivity contribution is -0.151. The van der Waals surface area contributed by atoms with E-state index in [-0.39, 0.29) is 49.3 Å². The number of carboxylic acid groups (broad SMARTS) is 1. The maximum Gasteiger partial charge on any atom is 0.303 e. The highest BCUT2D eigenvalue weighted by molar-refractivity contribution is 8.00. The largest absolute Gasteiger partial charge is 0.508 e. The lowest BCUT2D eigenvalue weighted by atomic mass is 10.00. The number of carbonyl (C=O) groups is 12. The molecule has 0 bridgehead atoms. The van der Waals surface area contributed by atoms with Gasteiger partial charge in [0.2, 0.25) is 59.1 Å². The molecule has 10 amide bonds. The summed E-state index contributed by atoms with van der Waals surface area (Å²) in [6.07, 6.45) is 0.669. The van der Waals surface area contributed by atoms with Crippen molar-refractivity contribution in [1.82, 2.24) is 56.9 Å². The molecule has 0 saturated heterocycles. The smallest absolute Gasteiger partial charge is 0.303 e. The maximum absolute atomic E-state index is 14.9. The van der Waals surface area contributed by atoms with Crippen molar-refractivity contribution in [3.63, 3.8) is 0 Å². The number of amides is 10. The van der Waals surface area contributed by atoms with Crippen molar-refractivity contribution in [2.45, 2.75) is 127 Å². The van der Waals surface area contributed by atoms with E-state index in [0.717, 1.165) is 42.9 Å². The number of aromatic amines is 1. The second-order valence-corrected chi connectivity index (χ2v) is 24.6. The molecule has 0 aliphatic rings. The zero-order valence-corrected chi connectivity index (χ0v) is 55.2. The van der Waals surface area contributed by atoms with Crippen molar-refractivity contribution in [2.75, 3.05) is 46.2 Å². The van der Waals surface area contributed by atoms with Crippen molar-refractivity contribution >= 4 is 94.0 Å². The number of hydrogen-bond acceptors (Lipinski definition) is 15. The number of carbonyl (C=O) groups excluding carboxylic acids is 11. The number of rotatable bonds is 37. The van der Waals surface area contributed by atoms with E-state index >= 15 is 0 Å². The third kappa shape index (κ3) is 22.7. The standard InChI is InChI=1S/C66H83F3N12O14S/c1-36(2)24-50(76-63(92)51(27-40-18-21-44(83)22-19-40)77-61(90)49(71-5)30-42-31-72-48-17-13-12-16-45(42)48)62(91)78-53(60(89)73-32-55(70)84)34-96-35-56(85)75-52(28-41-25-46(67)58(69)47(68)26-41)65(94)81(8)54(29-39-14-10-9-11-15-39)66(95)80(7)38(4)64(93)79(6)37(3)59(88)74-43(33-82)20-23-57(86)87/h9-19,21-22,25-26,31,33,36-38,43,49-54,71-72,83H,20,23-24,27-30,32,34-35H2,1-8H3,(H2,70,84)(H,73,89)(H,74,88)(H,75,85)(H,76,92)(H,77,90)(H,78,91)(H,86,87)/t37-,38+,43+,49+,50+,51+,52+,53+,54?/m1/s1. The van der Waals surface area contributed by atoms with Crippen LogP contribution in [-0.4, -0.2) is 202 Å². The van der Waals surface area contributed by atoms with E-state index in [9.17, 15) is 75.8 Å². The van der Waals surface area contributed by atoms with Crippen LogP contribution in [0.3, 0.4) is 0 Å². The molecule has 0 spiro atoms. The molecule has 1 unspecified atom stereocenters. The molecule has 0 aliphatic heterocycles. The Kier molecular flexibility index (Phi) is 29.4. The normalized spacial score (nSPS) is 14.0. The molecule has 0 fully saturated rings. The monoisotopic (exact) mass is 1360 g/mol. The summed E-state index contributed by atoms with van der Waals surface area (Å²) in [5.74, 6) is -16.2. The van der Waals surface area contributed by atoms with Gasteiger partial charge in [-0.1, -0.05) is 74.5 Å². The molecular weight excluding hydrogens is 1270 g/mol. The van der Waals surface area contributed by atoms with E-state index in [4.69, 9.17) is 10.8 Å². The van der Waals surface area contributed by atoms with Gasteiger partial charge in [-0.15, -0.1) is 11.8 Å². The molecule has 9 atom stereocenters. The van der Waals surface area contributed by atoms with Crippen LogP contribution in [0.25, 0.3) is 10.9 Å². The summed E-state index contributed by atoms with van der Waals surface area (Å²) in [5, 5.41) is 38.3. The van der Waals surface area contributed by atoms with Gasteiger partial charge in [-0.25, -0.2) is 13.2 Å². The van der Waals surface area contributed by atoms with Gasteiger partial charge in [0, 0.05) is 69.7 Å². The van der Waals surface area contributed by atoms with Crippen LogP contribution in [0.4, 0.5) is 13.2 Å². The number of likely N-dealkylation sites (N-methyl/N-ethyl adjacent to an activating group) is 4. The number of aliphatic carboxylic acids is 1. The van der Waals surface area contributed by atoms with E-state index in [2.05, 4.69) is 42.2 Å². The highest BCUT2D eigenvalue weighted by Gasteiger charge is 2.39. The number of nitrogens with zero attached hydrogens (tertiary/aromatic N) is 3. The summed E-state index contributed by atoms with van der Waals surface area (Å²) in [7, 11) is 5.30. The third-order valence-corrected chi connectivity index (χ3v) is 17.0. The molecule has 0 aliphatic carbocycles.